The highest BCUT2D eigenvalue weighted by atomic mass is 15.3. The Labute approximate surface area is 97.2 Å². The largest absolute Gasteiger partial charge is 0.327 e. The highest BCUT2D eigenvalue weighted by molar-refractivity contribution is 4.97. The summed E-state index contributed by atoms with van der Waals surface area (Å²) in [5.74, 6) is 3.14. The van der Waals surface area contributed by atoms with E-state index >= 15 is 0 Å². The number of rotatable bonds is 5. The molecule has 0 radical (unpaired) electrons. The van der Waals surface area contributed by atoms with Gasteiger partial charge in [0.1, 0.15) is 12.2 Å². The molecule has 0 amide bonds. The Kier molecular flexibility index (Phi) is 3.28. The summed E-state index contributed by atoms with van der Waals surface area (Å²) in [6, 6.07) is 0.255. The van der Waals surface area contributed by atoms with E-state index in [4.69, 9.17) is 5.73 Å². The Bertz CT molecular complexity index is 345. The summed E-state index contributed by atoms with van der Waals surface area (Å²) in [5, 5.41) is 4.26. The lowest BCUT2D eigenvalue weighted by atomic mass is 10.1. The second-order valence-electron chi connectivity index (χ2n) is 5.50. The maximum Gasteiger partial charge on any atom is 0.138 e. The van der Waals surface area contributed by atoms with Gasteiger partial charge in [0.05, 0.1) is 0 Å². The molecule has 4 heteroatoms. The first-order valence-corrected chi connectivity index (χ1v) is 6.20. The van der Waals surface area contributed by atoms with Crippen molar-refractivity contribution in [3.63, 3.8) is 0 Å². The minimum atomic E-state index is 0.255. The van der Waals surface area contributed by atoms with Crippen LogP contribution in [-0.2, 0) is 13.0 Å². The van der Waals surface area contributed by atoms with Crippen LogP contribution in [0.5, 0.6) is 0 Å². The second-order valence-corrected chi connectivity index (χ2v) is 5.50. The molecule has 0 saturated heterocycles. The van der Waals surface area contributed by atoms with Gasteiger partial charge in [-0.25, -0.2) is 9.67 Å². The van der Waals surface area contributed by atoms with Crippen molar-refractivity contribution in [2.24, 2.45) is 23.5 Å². The van der Waals surface area contributed by atoms with E-state index in [0.29, 0.717) is 11.8 Å². The third-order valence-electron chi connectivity index (χ3n) is 3.37. The smallest absolute Gasteiger partial charge is 0.138 e. The molecule has 4 nitrogen and oxygen atoms in total. The van der Waals surface area contributed by atoms with Gasteiger partial charge in [-0.1, -0.05) is 20.8 Å². The quantitative estimate of drug-likeness (QED) is 0.820. The topological polar surface area (TPSA) is 56.7 Å². The van der Waals surface area contributed by atoms with Gasteiger partial charge in [-0.3, -0.25) is 0 Å². The molecule has 1 heterocycles. The average Bonchev–Trinajstić information content (AvgIpc) is 2.78. The van der Waals surface area contributed by atoms with E-state index in [0.717, 1.165) is 24.7 Å². The Morgan fingerprint density at radius 1 is 1.56 bits per heavy atom. The van der Waals surface area contributed by atoms with Crippen LogP contribution in [0.2, 0.25) is 0 Å². The van der Waals surface area contributed by atoms with Gasteiger partial charge >= 0.3 is 0 Å². The predicted octanol–water partition coefficient (Wildman–Crippen LogP) is 1.46. The van der Waals surface area contributed by atoms with Crippen molar-refractivity contribution >= 4 is 0 Å². The fraction of sp³-hybridized carbons (Fsp3) is 0.833. The zero-order valence-corrected chi connectivity index (χ0v) is 10.4. The number of nitrogens with zero attached hydrogens (tertiary/aromatic N) is 3. The molecule has 2 rings (SSSR count). The van der Waals surface area contributed by atoms with E-state index in [9.17, 15) is 0 Å². The lowest BCUT2D eigenvalue weighted by Gasteiger charge is -2.12. The summed E-state index contributed by atoms with van der Waals surface area (Å²) in [6.07, 6.45) is 3.78. The molecule has 1 aliphatic rings. The minimum absolute atomic E-state index is 0.255. The molecule has 2 N–H and O–H groups in total. The zero-order chi connectivity index (χ0) is 11.7. The zero-order valence-electron chi connectivity index (χ0n) is 10.4. The molecule has 0 bridgehead atoms. The van der Waals surface area contributed by atoms with E-state index in [1.54, 1.807) is 6.33 Å². The van der Waals surface area contributed by atoms with Crippen LogP contribution in [0.25, 0.3) is 0 Å². The van der Waals surface area contributed by atoms with Gasteiger partial charge in [0.25, 0.3) is 0 Å². The van der Waals surface area contributed by atoms with Crippen molar-refractivity contribution in [2.45, 2.75) is 46.2 Å². The fourth-order valence-corrected chi connectivity index (χ4v) is 2.25. The highest BCUT2D eigenvalue weighted by Gasteiger charge is 2.37. The van der Waals surface area contributed by atoms with E-state index in [2.05, 4.69) is 30.9 Å². The van der Waals surface area contributed by atoms with Crippen molar-refractivity contribution in [1.29, 1.82) is 0 Å². The van der Waals surface area contributed by atoms with Gasteiger partial charge in [-0.15, -0.1) is 0 Å². The van der Waals surface area contributed by atoms with Gasteiger partial charge in [-0.2, -0.15) is 5.10 Å². The average molecular weight is 222 g/mol. The van der Waals surface area contributed by atoms with Crippen molar-refractivity contribution in [1.82, 2.24) is 14.8 Å². The monoisotopic (exact) mass is 222 g/mol. The maximum absolute atomic E-state index is 6.18. The number of hydrogen-bond donors (Lipinski definition) is 1. The van der Waals surface area contributed by atoms with Crippen molar-refractivity contribution in [3.8, 4) is 0 Å². The fourth-order valence-electron chi connectivity index (χ4n) is 2.25. The summed E-state index contributed by atoms with van der Waals surface area (Å²) in [7, 11) is 0. The first-order chi connectivity index (χ1) is 7.58. The van der Waals surface area contributed by atoms with Crippen LogP contribution in [0.4, 0.5) is 0 Å². The van der Waals surface area contributed by atoms with Gasteiger partial charge < -0.3 is 5.73 Å². The molecular formula is C12H22N4. The van der Waals surface area contributed by atoms with E-state index < -0.39 is 0 Å². The number of hydrogen-bond acceptors (Lipinski definition) is 3. The van der Waals surface area contributed by atoms with E-state index in [1.165, 1.54) is 6.42 Å². The van der Waals surface area contributed by atoms with Crippen LogP contribution >= 0.6 is 0 Å². The van der Waals surface area contributed by atoms with E-state index in [-0.39, 0.29) is 6.04 Å². The lowest BCUT2D eigenvalue weighted by Crippen LogP contribution is -2.28. The van der Waals surface area contributed by atoms with Crippen LogP contribution in [-0.4, -0.2) is 20.8 Å². The summed E-state index contributed by atoms with van der Waals surface area (Å²) < 4.78 is 2.00. The second kappa shape index (κ2) is 4.53. The summed E-state index contributed by atoms with van der Waals surface area (Å²) in [6.45, 7) is 7.58. The number of nitrogens with two attached hydrogens (primary N) is 1. The standard InChI is InChI=1S/C12H22N4/c1-8(2)6-16-12(14-7-15-16)5-11(13)10-4-9(10)3/h7-11H,4-6,13H2,1-3H3. The number of aromatic nitrogens is 3. The molecule has 1 aliphatic carbocycles. The Hall–Kier alpha value is -0.900. The van der Waals surface area contributed by atoms with Crippen molar-refractivity contribution in [3.05, 3.63) is 12.2 Å². The summed E-state index contributed by atoms with van der Waals surface area (Å²) in [4.78, 5) is 4.32. The Morgan fingerprint density at radius 2 is 2.25 bits per heavy atom. The SMILES string of the molecule is CC(C)Cn1ncnc1CC(N)C1CC1C. The molecule has 90 valence electrons. The molecule has 16 heavy (non-hydrogen) atoms. The predicted molar refractivity (Wildman–Crippen MR) is 63.8 cm³/mol. The molecule has 3 unspecified atom stereocenters. The molecule has 1 fully saturated rings. The summed E-state index contributed by atoms with van der Waals surface area (Å²) in [5.41, 5.74) is 6.18. The molecule has 0 spiro atoms. The summed E-state index contributed by atoms with van der Waals surface area (Å²) >= 11 is 0. The first kappa shape index (κ1) is 11.6. The molecular weight excluding hydrogens is 200 g/mol. The van der Waals surface area contributed by atoms with Gasteiger partial charge in [0, 0.05) is 19.0 Å². The van der Waals surface area contributed by atoms with Gasteiger partial charge in [-0.05, 0) is 24.2 Å². The van der Waals surface area contributed by atoms with Gasteiger partial charge in [0.15, 0.2) is 0 Å². The van der Waals surface area contributed by atoms with Crippen LogP contribution in [0.3, 0.4) is 0 Å². The van der Waals surface area contributed by atoms with Crippen molar-refractivity contribution < 1.29 is 0 Å². The highest BCUT2D eigenvalue weighted by Crippen LogP contribution is 2.40. The first-order valence-electron chi connectivity index (χ1n) is 6.20. The third-order valence-corrected chi connectivity index (χ3v) is 3.37. The van der Waals surface area contributed by atoms with Crippen LogP contribution < -0.4 is 5.73 Å². The molecule has 0 aromatic carbocycles. The third kappa shape index (κ3) is 2.61. The molecule has 3 atom stereocenters. The Morgan fingerprint density at radius 3 is 2.81 bits per heavy atom. The molecule has 0 aliphatic heterocycles. The lowest BCUT2D eigenvalue weighted by molar-refractivity contribution is 0.449. The van der Waals surface area contributed by atoms with Crippen LogP contribution in [0.15, 0.2) is 6.33 Å². The minimum Gasteiger partial charge on any atom is -0.327 e. The van der Waals surface area contributed by atoms with Crippen LogP contribution in [0, 0.1) is 17.8 Å². The normalized spacial score (nSPS) is 26.1. The molecule has 1 aromatic rings. The van der Waals surface area contributed by atoms with Crippen molar-refractivity contribution in [2.75, 3.05) is 0 Å². The van der Waals surface area contributed by atoms with Crippen LogP contribution in [0.1, 0.15) is 33.0 Å². The molecule has 1 saturated carbocycles. The van der Waals surface area contributed by atoms with E-state index in [1.807, 2.05) is 4.68 Å². The Balaban J connectivity index is 1.95. The maximum atomic E-state index is 6.18. The van der Waals surface area contributed by atoms with Gasteiger partial charge in [0.2, 0.25) is 0 Å². The molecule has 1 aromatic heterocycles.